The number of rotatable bonds is 1. The molecule has 1 rings (SSSR count). The Bertz CT molecular complexity index is 308. The van der Waals surface area contributed by atoms with Crippen LogP contribution in [0.25, 0.3) is 0 Å². The number of hydrogen-bond acceptors (Lipinski definition) is 1. The van der Waals surface area contributed by atoms with Crippen LogP contribution < -0.4 is 0 Å². The van der Waals surface area contributed by atoms with E-state index in [2.05, 4.69) is 0 Å². The van der Waals surface area contributed by atoms with Gasteiger partial charge in [-0.2, -0.15) is 0 Å². The van der Waals surface area contributed by atoms with Gasteiger partial charge in [0.2, 0.25) is 0 Å². The van der Waals surface area contributed by atoms with Crippen molar-refractivity contribution in [2.45, 2.75) is 13.8 Å². The molecule has 0 aliphatic carbocycles. The third kappa shape index (κ3) is 1.59. The van der Waals surface area contributed by atoms with E-state index >= 15 is 0 Å². The van der Waals surface area contributed by atoms with Gasteiger partial charge in [0.1, 0.15) is 0 Å². The van der Waals surface area contributed by atoms with E-state index in [0.717, 1.165) is 11.1 Å². The fourth-order valence-corrected chi connectivity index (χ4v) is 1.18. The summed E-state index contributed by atoms with van der Waals surface area (Å²) < 4.78 is 0. The molecule has 0 aromatic heterocycles. The summed E-state index contributed by atoms with van der Waals surface area (Å²) >= 11 is 5.86. The van der Waals surface area contributed by atoms with Gasteiger partial charge in [-0.05, 0) is 37.1 Å². The van der Waals surface area contributed by atoms with Crippen LogP contribution in [0.5, 0.6) is 0 Å². The number of carboxylic acid groups (broad SMARTS) is 1. The van der Waals surface area contributed by atoms with Gasteiger partial charge in [-0.25, -0.2) is 4.79 Å². The SMILES string of the molecule is Cc1cc(C(=O)O)cc(C)c1Cl. The summed E-state index contributed by atoms with van der Waals surface area (Å²) in [6, 6.07) is 3.13. The number of carbonyl (C=O) groups is 1. The zero-order chi connectivity index (χ0) is 9.30. The fourth-order valence-electron chi connectivity index (χ4n) is 1.07. The highest BCUT2D eigenvalue weighted by atomic mass is 35.5. The van der Waals surface area contributed by atoms with E-state index in [1.54, 1.807) is 26.0 Å². The summed E-state index contributed by atoms with van der Waals surface area (Å²) in [4.78, 5) is 10.6. The Morgan fingerprint density at radius 1 is 1.33 bits per heavy atom. The molecule has 0 unspecified atom stereocenters. The van der Waals surface area contributed by atoms with Gasteiger partial charge in [0.05, 0.1) is 5.56 Å². The fraction of sp³-hybridized carbons (Fsp3) is 0.222. The van der Waals surface area contributed by atoms with Crippen molar-refractivity contribution in [3.05, 3.63) is 33.8 Å². The van der Waals surface area contributed by atoms with Crippen molar-refractivity contribution in [1.82, 2.24) is 0 Å². The van der Waals surface area contributed by atoms with Crippen LogP contribution in [0.3, 0.4) is 0 Å². The van der Waals surface area contributed by atoms with Crippen molar-refractivity contribution in [1.29, 1.82) is 0 Å². The molecule has 0 fully saturated rings. The molecule has 0 heterocycles. The van der Waals surface area contributed by atoms with Crippen LogP contribution in [-0.4, -0.2) is 11.1 Å². The second-order valence-corrected chi connectivity index (χ2v) is 3.11. The molecule has 0 atom stereocenters. The molecule has 64 valence electrons. The van der Waals surface area contributed by atoms with Gasteiger partial charge in [-0.3, -0.25) is 0 Å². The number of carboxylic acids is 1. The normalized spacial score (nSPS) is 9.92. The second kappa shape index (κ2) is 3.15. The average molecular weight is 185 g/mol. The monoisotopic (exact) mass is 184 g/mol. The minimum atomic E-state index is -0.919. The molecule has 0 radical (unpaired) electrons. The summed E-state index contributed by atoms with van der Waals surface area (Å²) in [7, 11) is 0. The number of aromatic carboxylic acids is 1. The van der Waals surface area contributed by atoms with E-state index in [9.17, 15) is 4.79 Å². The summed E-state index contributed by atoms with van der Waals surface area (Å²) in [6.45, 7) is 3.59. The van der Waals surface area contributed by atoms with Gasteiger partial charge in [-0.15, -0.1) is 0 Å². The first-order chi connectivity index (χ1) is 5.52. The maximum atomic E-state index is 10.6. The van der Waals surface area contributed by atoms with E-state index in [4.69, 9.17) is 16.7 Å². The molecule has 0 amide bonds. The predicted molar refractivity (Wildman–Crippen MR) is 47.9 cm³/mol. The molecular formula is C9H9ClO2. The van der Waals surface area contributed by atoms with Crippen LogP contribution in [-0.2, 0) is 0 Å². The van der Waals surface area contributed by atoms with Gasteiger partial charge < -0.3 is 5.11 Å². The van der Waals surface area contributed by atoms with Crippen molar-refractivity contribution in [3.63, 3.8) is 0 Å². The lowest BCUT2D eigenvalue weighted by Crippen LogP contribution is -1.97. The van der Waals surface area contributed by atoms with Crippen molar-refractivity contribution in [3.8, 4) is 0 Å². The Morgan fingerprint density at radius 3 is 2.08 bits per heavy atom. The van der Waals surface area contributed by atoms with E-state index < -0.39 is 5.97 Å². The molecule has 12 heavy (non-hydrogen) atoms. The Labute approximate surface area is 75.8 Å². The Morgan fingerprint density at radius 2 is 1.75 bits per heavy atom. The largest absolute Gasteiger partial charge is 0.478 e. The topological polar surface area (TPSA) is 37.3 Å². The molecule has 0 aliphatic rings. The Kier molecular flexibility index (Phi) is 2.38. The molecule has 0 bridgehead atoms. The molecule has 0 aliphatic heterocycles. The van der Waals surface area contributed by atoms with E-state index in [-0.39, 0.29) is 5.56 Å². The molecular weight excluding hydrogens is 176 g/mol. The quantitative estimate of drug-likeness (QED) is 0.729. The summed E-state index contributed by atoms with van der Waals surface area (Å²) in [6.07, 6.45) is 0. The third-order valence-electron chi connectivity index (χ3n) is 1.68. The van der Waals surface area contributed by atoms with Gasteiger partial charge in [0.15, 0.2) is 0 Å². The third-order valence-corrected chi connectivity index (χ3v) is 2.28. The highest BCUT2D eigenvalue weighted by molar-refractivity contribution is 6.32. The number of halogens is 1. The zero-order valence-electron chi connectivity index (χ0n) is 6.89. The Balaban J connectivity index is 3.31. The first-order valence-electron chi connectivity index (χ1n) is 3.52. The van der Waals surface area contributed by atoms with Crippen molar-refractivity contribution in [2.75, 3.05) is 0 Å². The van der Waals surface area contributed by atoms with E-state index in [1.165, 1.54) is 0 Å². The lowest BCUT2D eigenvalue weighted by atomic mass is 10.1. The van der Waals surface area contributed by atoms with Gasteiger partial charge >= 0.3 is 5.97 Å². The first-order valence-corrected chi connectivity index (χ1v) is 3.90. The number of hydrogen-bond donors (Lipinski definition) is 1. The van der Waals surface area contributed by atoms with Gasteiger partial charge in [0, 0.05) is 5.02 Å². The summed E-state index contributed by atoms with van der Waals surface area (Å²) in [5.74, 6) is -0.919. The standard InChI is InChI=1S/C9H9ClO2/c1-5-3-7(9(11)12)4-6(2)8(5)10/h3-4H,1-2H3,(H,11,12). The summed E-state index contributed by atoms with van der Waals surface area (Å²) in [5, 5.41) is 9.32. The molecule has 0 spiro atoms. The van der Waals surface area contributed by atoms with Crippen molar-refractivity contribution in [2.24, 2.45) is 0 Å². The molecule has 1 aromatic carbocycles. The summed E-state index contributed by atoms with van der Waals surface area (Å²) in [5.41, 5.74) is 1.89. The zero-order valence-corrected chi connectivity index (χ0v) is 7.64. The van der Waals surface area contributed by atoms with Crippen LogP contribution in [0.15, 0.2) is 12.1 Å². The van der Waals surface area contributed by atoms with Crippen LogP contribution in [0, 0.1) is 13.8 Å². The van der Waals surface area contributed by atoms with Gasteiger partial charge in [0.25, 0.3) is 0 Å². The minimum Gasteiger partial charge on any atom is -0.478 e. The van der Waals surface area contributed by atoms with Crippen LogP contribution in [0.1, 0.15) is 21.5 Å². The first kappa shape index (κ1) is 9.07. The highest BCUT2D eigenvalue weighted by Crippen LogP contribution is 2.21. The predicted octanol–water partition coefficient (Wildman–Crippen LogP) is 2.66. The van der Waals surface area contributed by atoms with Crippen LogP contribution in [0.2, 0.25) is 5.02 Å². The number of aryl methyl sites for hydroxylation is 2. The highest BCUT2D eigenvalue weighted by Gasteiger charge is 2.07. The lowest BCUT2D eigenvalue weighted by Gasteiger charge is -2.03. The molecule has 0 saturated heterocycles. The molecule has 3 heteroatoms. The molecule has 1 aromatic rings. The van der Waals surface area contributed by atoms with Crippen LogP contribution >= 0.6 is 11.6 Å². The smallest absolute Gasteiger partial charge is 0.335 e. The molecule has 1 N–H and O–H groups in total. The van der Waals surface area contributed by atoms with Gasteiger partial charge in [-0.1, -0.05) is 11.6 Å². The molecule has 0 saturated carbocycles. The maximum Gasteiger partial charge on any atom is 0.335 e. The molecule has 2 nitrogen and oxygen atoms in total. The van der Waals surface area contributed by atoms with Crippen LogP contribution in [0.4, 0.5) is 0 Å². The lowest BCUT2D eigenvalue weighted by molar-refractivity contribution is 0.0696. The number of benzene rings is 1. The maximum absolute atomic E-state index is 10.6. The average Bonchev–Trinajstić information content (AvgIpc) is 1.99. The van der Waals surface area contributed by atoms with Crippen molar-refractivity contribution >= 4 is 17.6 Å². The Hall–Kier alpha value is -1.02. The van der Waals surface area contributed by atoms with Crippen molar-refractivity contribution < 1.29 is 9.90 Å². The second-order valence-electron chi connectivity index (χ2n) is 2.73. The van der Waals surface area contributed by atoms with E-state index in [0.29, 0.717) is 5.02 Å². The van der Waals surface area contributed by atoms with E-state index in [1.807, 2.05) is 0 Å². The minimum absolute atomic E-state index is 0.286.